The Hall–Kier alpha value is -0.120. The van der Waals surface area contributed by atoms with E-state index in [2.05, 4.69) is 19.2 Å². The quantitative estimate of drug-likeness (QED) is 0.424. The van der Waals surface area contributed by atoms with E-state index >= 15 is 0 Å². The van der Waals surface area contributed by atoms with Crippen molar-refractivity contribution >= 4 is 0 Å². The van der Waals surface area contributed by atoms with Gasteiger partial charge in [-0.2, -0.15) is 0 Å². The molecule has 0 radical (unpaired) electrons. The van der Waals surface area contributed by atoms with Crippen LogP contribution in [-0.2, 0) is 4.74 Å². The maximum absolute atomic E-state index is 9.16. The number of ether oxygens (including phenoxy) is 1. The molecule has 0 bridgehead atoms. The molecule has 0 aromatic rings. The Morgan fingerprint density at radius 2 is 1.69 bits per heavy atom. The predicted octanol–water partition coefficient (Wildman–Crippen LogP) is 3.03. The van der Waals surface area contributed by atoms with Gasteiger partial charge in [-0.3, -0.25) is 5.32 Å². The van der Waals surface area contributed by atoms with Crippen molar-refractivity contribution in [3.8, 4) is 0 Å². The summed E-state index contributed by atoms with van der Waals surface area (Å²) in [6.45, 7) is 6.80. The zero-order valence-electron chi connectivity index (χ0n) is 11.2. The fourth-order valence-electron chi connectivity index (χ4n) is 1.66. The van der Waals surface area contributed by atoms with Gasteiger partial charge in [-0.1, -0.05) is 46.0 Å². The van der Waals surface area contributed by atoms with Gasteiger partial charge in [0.1, 0.15) is 12.5 Å². The van der Waals surface area contributed by atoms with E-state index in [9.17, 15) is 0 Å². The van der Waals surface area contributed by atoms with Crippen molar-refractivity contribution in [2.24, 2.45) is 0 Å². The van der Waals surface area contributed by atoms with E-state index in [1.807, 2.05) is 0 Å². The minimum absolute atomic E-state index is 0.00404. The van der Waals surface area contributed by atoms with Crippen LogP contribution in [0.3, 0.4) is 0 Å². The van der Waals surface area contributed by atoms with E-state index in [-0.39, 0.29) is 6.23 Å². The summed E-state index contributed by atoms with van der Waals surface area (Å²) in [4.78, 5) is 0. The Morgan fingerprint density at radius 1 is 1.06 bits per heavy atom. The highest BCUT2D eigenvalue weighted by Crippen LogP contribution is 2.06. The number of aliphatic hydroxyl groups is 1. The molecule has 3 nitrogen and oxygen atoms in total. The molecule has 0 amide bonds. The molecule has 0 aliphatic carbocycles. The zero-order chi connectivity index (χ0) is 12.2. The first-order valence-electron chi connectivity index (χ1n) is 6.76. The summed E-state index contributed by atoms with van der Waals surface area (Å²) in [7, 11) is 0. The normalized spacial score (nSPS) is 15.0. The average Bonchev–Trinajstić information content (AvgIpc) is 2.25. The standard InChI is InChI=1S/C13H29NO2/c1-4-6-7-8-9-10-11-16-13(5-2)14-12(3)15/h12-15H,4-11H2,1-3H3. The lowest BCUT2D eigenvalue weighted by atomic mass is 10.1. The van der Waals surface area contributed by atoms with Crippen molar-refractivity contribution in [3.63, 3.8) is 0 Å². The third-order valence-electron chi connectivity index (χ3n) is 2.61. The van der Waals surface area contributed by atoms with Gasteiger partial charge in [0.05, 0.1) is 0 Å². The summed E-state index contributed by atoms with van der Waals surface area (Å²) in [5.41, 5.74) is 0. The smallest absolute Gasteiger partial charge is 0.109 e. The van der Waals surface area contributed by atoms with Crippen LogP contribution in [0, 0.1) is 0 Å². The first-order valence-corrected chi connectivity index (χ1v) is 6.76. The summed E-state index contributed by atoms with van der Waals surface area (Å²) in [6, 6.07) is 0. The molecule has 0 aromatic carbocycles. The molecule has 0 rings (SSSR count). The van der Waals surface area contributed by atoms with Crippen LogP contribution in [0.1, 0.15) is 65.7 Å². The largest absolute Gasteiger partial charge is 0.379 e. The van der Waals surface area contributed by atoms with Gasteiger partial charge in [-0.05, 0) is 19.8 Å². The SMILES string of the molecule is CCCCCCCCOC(CC)NC(C)O. The molecule has 0 saturated heterocycles. The molecule has 2 atom stereocenters. The molecule has 0 aromatic heterocycles. The van der Waals surface area contributed by atoms with Crippen LogP contribution < -0.4 is 5.32 Å². The second kappa shape index (κ2) is 11.4. The van der Waals surface area contributed by atoms with Gasteiger partial charge in [0.2, 0.25) is 0 Å². The van der Waals surface area contributed by atoms with Gasteiger partial charge in [0, 0.05) is 6.61 Å². The fourth-order valence-corrected chi connectivity index (χ4v) is 1.66. The molecular weight excluding hydrogens is 202 g/mol. The lowest BCUT2D eigenvalue weighted by Crippen LogP contribution is -2.38. The van der Waals surface area contributed by atoms with Crippen LogP contribution >= 0.6 is 0 Å². The van der Waals surface area contributed by atoms with E-state index in [4.69, 9.17) is 9.84 Å². The Bertz CT molecular complexity index is 140. The summed E-state index contributed by atoms with van der Waals surface area (Å²) >= 11 is 0. The molecule has 0 aliphatic heterocycles. The minimum atomic E-state index is -0.491. The molecular formula is C13H29NO2. The van der Waals surface area contributed by atoms with Crippen molar-refractivity contribution in [1.29, 1.82) is 0 Å². The predicted molar refractivity (Wildman–Crippen MR) is 68.2 cm³/mol. The first kappa shape index (κ1) is 15.9. The van der Waals surface area contributed by atoms with Gasteiger partial charge in [-0.25, -0.2) is 0 Å². The number of hydrogen-bond donors (Lipinski definition) is 2. The van der Waals surface area contributed by atoms with Gasteiger partial charge in [0.15, 0.2) is 0 Å². The topological polar surface area (TPSA) is 41.5 Å². The molecule has 16 heavy (non-hydrogen) atoms. The molecule has 3 heteroatoms. The van der Waals surface area contributed by atoms with Crippen LogP contribution in [0.2, 0.25) is 0 Å². The summed E-state index contributed by atoms with van der Waals surface area (Å²) < 4.78 is 5.64. The van der Waals surface area contributed by atoms with Crippen molar-refractivity contribution in [1.82, 2.24) is 5.32 Å². The molecule has 0 aliphatic rings. The molecule has 0 saturated carbocycles. The summed E-state index contributed by atoms with van der Waals surface area (Å²) in [5.74, 6) is 0. The minimum Gasteiger partial charge on any atom is -0.379 e. The van der Waals surface area contributed by atoms with Crippen molar-refractivity contribution in [2.75, 3.05) is 6.61 Å². The number of unbranched alkanes of at least 4 members (excludes halogenated alkanes) is 5. The molecule has 0 fully saturated rings. The molecule has 2 N–H and O–H groups in total. The van der Waals surface area contributed by atoms with Gasteiger partial charge in [-0.15, -0.1) is 0 Å². The average molecular weight is 231 g/mol. The Labute approximate surface area is 101 Å². The molecule has 0 spiro atoms. The van der Waals surface area contributed by atoms with Gasteiger partial charge in [0.25, 0.3) is 0 Å². The number of rotatable bonds is 11. The van der Waals surface area contributed by atoms with Crippen LogP contribution in [0.5, 0.6) is 0 Å². The fraction of sp³-hybridized carbons (Fsp3) is 1.00. The van der Waals surface area contributed by atoms with Crippen LogP contribution in [-0.4, -0.2) is 24.2 Å². The van der Waals surface area contributed by atoms with Gasteiger partial charge >= 0.3 is 0 Å². The third-order valence-corrected chi connectivity index (χ3v) is 2.61. The lowest BCUT2D eigenvalue weighted by Gasteiger charge is -2.19. The second-order valence-electron chi connectivity index (χ2n) is 4.38. The Kier molecular flexibility index (Phi) is 11.3. The Balaban J connectivity index is 3.27. The van der Waals surface area contributed by atoms with E-state index < -0.39 is 6.23 Å². The van der Waals surface area contributed by atoms with E-state index in [0.717, 1.165) is 19.4 Å². The van der Waals surface area contributed by atoms with Crippen LogP contribution in [0.15, 0.2) is 0 Å². The van der Waals surface area contributed by atoms with Crippen molar-refractivity contribution < 1.29 is 9.84 Å². The maximum atomic E-state index is 9.16. The molecule has 2 unspecified atom stereocenters. The molecule has 98 valence electrons. The van der Waals surface area contributed by atoms with E-state index in [0.29, 0.717) is 0 Å². The van der Waals surface area contributed by atoms with Crippen LogP contribution in [0.4, 0.5) is 0 Å². The number of hydrogen-bond acceptors (Lipinski definition) is 3. The summed E-state index contributed by atoms with van der Waals surface area (Å²) in [5, 5.41) is 12.1. The third kappa shape index (κ3) is 10.4. The highest BCUT2D eigenvalue weighted by atomic mass is 16.5. The highest BCUT2D eigenvalue weighted by molar-refractivity contribution is 4.53. The molecule has 0 heterocycles. The number of aliphatic hydroxyl groups excluding tert-OH is 1. The monoisotopic (exact) mass is 231 g/mol. The summed E-state index contributed by atoms with van der Waals surface area (Å²) in [6.07, 6.45) is 8.09. The van der Waals surface area contributed by atoms with E-state index in [1.54, 1.807) is 6.92 Å². The first-order chi connectivity index (χ1) is 7.70. The van der Waals surface area contributed by atoms with Crippen molar-refractivity contribution in [3.05, 3.63) is 0 Å². The van der Waals surface area contributed by atoms with Gasteiger partial charge < -0.3 is 9.84 Å². The zero-order valence-corrected chi connectivity index (χ0v) is 11.2. The lowest BCUT2D eigenvalue weighted by molar-refractivity contribution is -0.0131. The van der Waals surface area contributed by atoms with Crippen LogP contribution in [0.25, 0.3) is 0 Å². The highest BCUT2D eigenvalue weighted by Gasteiger charge is 2.07. The van der Waals surface area contributed by atoms with E-state index in [1.165, 1.54) is 32.1 Å². The van der Waals surface area contributed by atoms with Crippen molar-refractivity contribution in [2.45, 2.75) is 78.2 Å². The number of nitrogens with one attached hydrogen (secondary N) is 1. The Morgan fingerprint density at radius 3 is 2.25 bits per heavy atom. The maximum Gasteiger partial charge on any atom is 0.109 e. The second-order valence-corrected chi connectivity index (χ2v) is 4.38.